The molecule has 0 aromatic rings. The van der Waals surface area contributed by atoms with Gasteiger partial charge < -0.3 is 5.32 Å². The van der Waals surface area contributed by atoms with Crippen molar-refractivity contribution in [1.29, 1.82) is 0 Å². The fourth-order valence-corrected chi connectivity index (χ4v) is 2.81. The molecule has 0 amide bonds. The average Bonchev–Trinajstić information content (AvgIpc) is 2.55. The molecule has 1 fully saturated rings. The lowest BCUT2D eigenvalue weighted by molar-refractivity contribution is 0.403. The monoisotopic (exact) mass is 167 g/mol. The van der Waals surface area contributed by atoms with Gasteiger partial charge >= 0.3 is 0 Å². The number of rotatable bonds is 4. The van der Waals surface area contributed by atoms with Crippen molar-refractivity contribution in [2.75, 3.05) is 13.6 Å². The zero-order valence-corrected chi connectivity index (χ0v) is 8.78. The molecule has 1 saturated carbocycles. The zero-order chi connectivity index (χ0) is 9.41. The summed E-state index contributed by atoms with van der Waals surface area (Å²) in [5.41, 5.74) is 0.842. The van der Waals surface area contributed by atoms with Crippen LogP contribution in [0.25, 0.3) is 0 Å². The van der Waals surface area contributed by atoms with Crippen LogP contribution in [0.15, 0.2) is 12.7 Å². The molecule has 1 aliphatic carbocycles. The Morgan fingerprint density at radius 3 is 2.42 bits per heavy atom. The van der Waals surface area contributed by atoms with Gasteiger partial charge in [-0.2, -0.15) is 0 Å². The highest BCUT2D eigenvalue weighted by atomic mass is 14.9. The van der Waals surface area contributed by atoms with Crippen molar-refractivity contribution >= 4 is 0 Å². The van der Waals surface area contributed by atoms with E-state index in [0.717, 1.165) is 12.5 Å². The van der Waals surface area contributed by atoms with Crippen LogP contribution in [0.2, 0.25) is 0 Å². The highest BCUT2D eigenvalue weighted by Crippen LogP contribution is 2.70. The van der Waals surface area contributed by atoms with Gasteiger partial charge in [-0.3, -0.25) is 0 Å². The molecule has 1 aliphatic rings. The summed E-state index contributed by atoms with van der Waals surface area (Å²) in [5, 5.41) is 3.27. The highest BCUT2D eigenvalue weighted by molar-refractivity contribution is 5.25. The Morgan fingerprint density at radius 1 is 1.58 bits per heavy atom. The minimum Gasteiger partial charge on any atom is -0.319 e. The second-order valence-electron chi connectivity index (χ2n) is 4.27. The van der Waals surface area contributed by atoms with E-state index in [4.69, 9.17) is 0 Å². The largest absolute Gasteiger partial charge is 0.319 e. The van der Waals surface area contributed by atoms with Crippen molar-refractivity contribution in [3.05, 3.63) is 12.7 Å². The second kappa shape index (κ2) is 2.88. The van der Waals surface area contributed by atoms with E-state index in [9.17, 15) is 0 Å². The van der Waals surface area contributed by atoms with Gasteiger partial charge in [-0.25, -0.2) is 0 Å². The molecule has 70 valence electrons. The van der Waals surface area contributed by atoms with Gasteiger partial charge in [0.05, 0.1) is 0 Å². The van der Waals surface area contributed by atoms with Gasteiger partial charge in [0, 0.05) is 12.0 Å². The van der Waals surface area contributed by atoms with E-state index in [1.165, 1.54) is 6.42 Å². The molecular formula is C11H21N. The molecule has 0 aromatic heterocycles. The molecule has 0 aliphatic heterocycles. The minimum atomic E-state index is 0.358. The molecule has 1 N–H and O–H groups in total. The summed E-state index contributed by atoms with van der Waals surface area (Å²) in [6.07, 6.45) is 3.40. The Kier molecular flexibility index (Phi) is 2.35. The fraction of sp³-hybridized carbons (Fsp3) is 0.818. The topological polar surface area (TPSA) is 12.0 Å². The first-order valence-electron chi connectivity index (χ1n) is 4.87. The summed E-state index contributed by atoms with van der Waals surface area (Å²) in [4.78, 5) is 0. The van der Waals surface area contributed by atoms with E-state index in [2.05, 4.69) is 38.7 Å². The van der Waals surface area contributed by atoms with Crippen LogP contribution in [0.4, 0.5) is 0 Å². The number of hydrogen-bond acceptors (Lipinski definition) is 1. The molecule has 0 radical (unpaired) electrons. The Balaban J connectivity index is 2.79. The smallest absolute Gasteiger partial charge is 0.00914 e. The Bertz CT molecular complexity index is 187. The van der Waals surface area contributed by atoms with Gasteiger partial charge in [-0.05, 0) is 24.8 Å². The summed E-state index contributed by atoms with van der Waals surface area (Å²) < 4.78 is 0. The van der Waals surface area contributed by atoms with Crippen LogP contribution in [0.1, 0.15) is 27.2 Å². The van der Waals surface area contributed by atoms with E-state index in [1.54, 1.807) is 0 Å². The maximum Gasteiger partial charge on any atom is 0.00914 e. The lowest BCUT2D eigenvalue weighted by Crippen LogP contribution is -2.23. The molecule has 12 heavy (non-hydrogen) atoms. The van der Waals surface area contributed by atoms with Gasteiger partial charge in [-0.15, -0.1) is 6.58 Å². The fourth-order valence-electron chi connectivity index (χ4n) is 2.81. The third kappa shape index (κ3) is 0.891. The second-order valence-corrected chi connectivity index (χ2v) is 4.27. The van der Waals surface area contributed by atoms with Crippen molar-refractivity contribution in [1.82, 2.24) is 5.32 Å². The predicted octanol–water partition coefficient (Wildman–Crippen LogP) is 2.44. The first-order chi connectivity index (χ1) is 5.59. The maximum absolute atomic E-state index is 3.97. The van der Waals surface area contributed by atoms with Gasteiger partial charge in [0.2, 0.25) is 0 Å². The van der Waals surface area contributed by atoms with E-state index in [1.807, 2.05) is 7.05 Å². The lowest BCUT2D eigenvalue weighted by atomic mass is 9.92. The molecule has 3 unspecified atom stereocenters. The van der Waals surface area contributed by atoms with Crippen molar-refractivity contribution in [3.8, 4) is 0 Å². The Labute approximate surface area is 76.2 Å². The van der Waals surface area contributed by atoms with Gasteiger partial charge in [0.25, 0.3) is 0 Å². The van der Waals surface area contributed by atoms with Crippen LogP contribution in [-0.4, -0.2) is 13.6 Å². The summed E-state index contributed by atoms with van der Waals surface area (Å²) in [6.45, 7) is 12.0. The third-order valence-corrected chi connectivity index (χ3v) is 4.28. The van der Waals surface area contributed by atoms with Crippen LogP contribution in [0, 0.1) is 16.7 Å². The van der Waals surface area contributed by atoms with Crippen LogP contribution in [0.5, 0.6) is 0 Å². The van der Waals surface area contributed by atoms with Crippen molar-refractivity contribution in [2.45, 2.75) is 27.2 Å². The Hall–Kier alpha value is -0.300. The summed E-state index contributed by atoms with van der Waals surface area (Å²) in [7, 11) is 2.02. The first kappa shape index (κ1) is 9.79. The Morgan fingerprint density at radius 2 is 2.17 bits per heavy atom. The highest BCUT2D eigenvalue weighted by Gasteiger charge is 2.67. The summed E-state index contributed by atoms with van der Waals surface area (Å²) in [5.74, 6) is 0.778. The molecule has 0 bridgehead atoms. The lowest BCUT2D eigenvalue weighted by Gasteiger charge is -2.17. The molecular weight excluding hydrogens is 146 g/mol. The quantitative estimate of drug-likeness (QED) is 0.634. The van der Waals surface area contributed by atoms with E-state index in [0.29, 0.717) is 10.8 Å². The molecule has 0 spiro atoms. The molecule has 0 aromatic carbocycles. The molecule has 3 atom stereocenters. The van der Waals surface area contributed by atoms with Crippen LogP contribution in [-0.2, 0) is 0 Å². The summed E-state index contributed by atoms with van der Waals surface area (Å²) in [6, 6.07) is 0. The van der Waals surface area contributed by atoms with Gasteiger partial charge in [0.15, 0.2) is 0 Å². The molecule has 1 rings (SSSR count). The van der Waals surface area contributed by atoms with E-state index >= 15 is 0 Å². The third-order valence-electron chi connectivity index (χ3n) is 4.28. The molecule has 0 saturated heterocycles. The number of hydrogen-bond donors (Lipinski definition) is 1. The van der Waals surface area contributed by atoms with Gasteiger partial charge in [0.1, 0.15) is 0 Å². The van der Waals surface area contributed by atoms with Crippen LogP contribution >= 0.6 is 0 Å². The maximum atomic E-state index is 3.97. The van der Waals surface area contributed by atoms with E-state index < -0.39 is 0 Å². The normalized spacial score (nSPS) is 45.8. The van der Waals surface area contributed by atoms with Crippen molar-refractivity contribution in [3.63, 3.8) is 0 Å². The average molecular weight is 167 g/mol. The predicted molar refractivity (Wildman–Crippen MR) is 54.1 cm³/mol. The first-order valence-corrected chi connectivity index (χ1v) is 4.87. The summed E-state index contributed by atoms with van der Waals surface area (Å²) >= 11 is 0. The standard InChI is InChI=1S/C11H21N/c1-6-10(4)9(3)11(10,7-2)8-12-5/h7,9,12H,2,6,8H2,1,3-5H3. The number of nitrogens with one attached hydrogen (secondary N) is 1. The zero-order valence-electron chi connectivity index (χ0n) is 8.78. The van der Waals surface area contributed by atoms with Crippen LogP contribution < -0.4 is 5.32 Å². The van der Waals surface area contributed by atoms with Gasteiger partial charge in [-0.1, -0.05) is 26.8 Å². The minimum absolute atomic E-state index is 0.358. The van der Waals surface area contributed by atoms with Crippen molar-refractivity contribution < 1.29 is 0 Å². The van der Waals surface area contributed by atoms with Crippen LogP contribution in [0.3, 0.4) is 0 Å². The van der Waals surface area contributed by atoms with E-state index in [-0.39, 0.29) is 0 Å². The SMILES string of the molecule is C=CC1(CNC)C(C)C1(C)CC. The molecule has 1 heteroatoms. The van der Waals surface area contributed by atoms with Crippen molar-refractivity contribution in [2.24, 2.45) is 16.7 Å². The molecule has 1 nitrogen and oxygen atoms in total. The molecule has 0 heterocycles.